The zero-order chi connectivity index (χ0) is 9.26. The van der Waals surface area contributed by atoms with E-state index in [0.717, 1.165) is 31.8 Å². The Bertz CT molecular complexity index is 208. The fourth-order valence-corrected chi connectivity index (χ4v) is 2.61. The maximum absolute atomic E-state index is 10.4. The highest BCUT2D eigenvalue weighted by Gasteiger charge is 2.33. The Morgan fingerprint density at radius 3 is 2.85 bits per heavy atom. The van der Waals surface area contributed by atoms with Crippen molar-refractivity contribution in [3.8, 4) is 0 Å². The van der Waals surface area contributed by atoms with Crippen molar-refractivity contribution in [3.63, 3.8) is 0 Å². The number of carbonyl (C=O) groups is 1. The van der Waals surface area contributed by atoms with Gasteiger partial charge in [0.2, 0.25) is 0 Å². The second-order valence-electron chi connectivity index (χ2n) is 4.14. The molecule has 2 fully saturated rings. The third kappa shape index (κ3) is 1.94. The van der Waals surface area contributed by atoms with E-state index in [9.17, 15) is 4.79 Å². The summed E-state index contributed by atoms with van der Waals surface area (Å²) >= 11 is 0. The molecular formula is C9H16N2O2. The molecule has 0 aromatic rings. The van der Waals surface area contributed by atoms with Gasteiger partial charge in [0.25, 0.3) is 0 Å². The molecule has 0 aromatic heterocycles. The molecule has 13 heavy (non-hydrogen) atoms. The SMILES string of the molecule is O=C(O)NC1CCC2CNCC2C1. The number of carboxylic acid groups (broad SMARTS) is 1. The van der Waals surface area contributed by atoms with Crippen LogP contribution in [0, 0.1) is 11.8 Å². The molecule has 0 radical (unpaired) electrons. The standard InChI is InChI=1S/C9H16N2O2/c12-9(13)11-8-2-1-6-4-10-5-7(6)3-8/h6-8,10-11H,1-5H2,(H,12,13). The highest BCUT2D eigenvalue weighted by atomic mass is 16.4. The fraction of sp³-hybridized carbons (Fsp3) is 0.889. The summed E-state index contributed by atoms with van der Waals surface area (Å²) in [6.45, 7) is 2.20. The molecule has 4 heteroatoms. The number of amides is 1. The van der Waals surface area contributed by atoms with Crippen LogP contribution in [-0.4, -0.2) is 30.3 Å². The predicted octanol–water partition coefficient (Wildman–Crippen LogP) is 0.642. The molecule has 3 atom stereocenters. The van der Waals surface area contributed by atoms with Gasteiger partial charge in [-0.2, -0.15) is 0 Å². The fourth-order valence-electron chi connectivity index (χ4n) is 2.61. The Morgan fingerprint density at radius 1 is 1.31 bits per heavy atom. The van der Waals surface area contributed by atoms with Crippen molar-refractivity contribution in [2.24, 2.45) is 11.8 Å². The summed E-state index contributed by atoms with van der Waals surface area (Å²) in [5.74, 6) is 1.50. The molecule has 1 heterocycles. The first kappa shape index (κ1) is 8.81. The Labute approximate surface area is 77.7 Å². The Kier molecular flexibility index (Phi) is 2.40. The number of rotatable bonds is 1. The van der Waals surface area contributed by atoms with Crippen molar-refractivity contribution < 1.29 is 9.90 Å². The molecular weight excluding hydrogens is 168 g/mol. The normalized spacial score (nSPS) is 38.3. The zero-order valence-electron chi connectivity index (χ0n) is 7.62. The lowest BCUT2D eigenvalue weighted by Crippen LogP contribution is -2.39. The van der Waals surface area contributed by atoms with E-state index in [1.54, 1.807) is 0 Å². The van der Waals surface area contributed by atoms with E-state index in [1.807, 2.05) is 0 Å². The molecule has 3 unspecified atom stereocenters. The first-order chi connectivity index (χ1) is 6.25. The third-order valence-corrected chi connectivity index (χ3v) is 3.28. The van der Waals surface area contributed by atoms with Crippen molar-refractivity contribution in [3.05, 3.63) is 0 Å². The molecule has 2 aliphatic rings. The van der Waals surface area contributed by atoms with Crippen molar-refractivity contribution in [2.75, 3.05) is 13.1 Å². The second-order valence-corrected chi connectivity index (χ2v) is 4.14. The van der Waals surface area contributed by atoms with Gasteiger partial charge in [-0.3, -0.25) is 0 Å². The topological polar surface area (TPSA) is 61.4 Å². The lowest BCUT2D eigenvalue weighted by molar-refractivity contribution is 0.176. The summed E-state index contributed by atoms with van der Waals surface area (Å²) in [4.78, 5) is 10.4. The summed E-state index contributed by atoms with van der Waals surface area (Å²) in [6, 6.07) is 0.193. The molecule has 74 valence electrons. The van der Waals surface area contributed by atoms with Gasteiger partial charge in [0.1, 0.15) is 0 Å². The lowest BCUT2D eigenvalue weighted by Gasteiger charge is -2.30. The Hall–Kier alpha value is -0.770. The smallest absolute Gasteiger partial charge is 0.404 e. The molecule has 0 spiro atoms. The number of hydrogen-bond acceptors (Lipinski definition) is 2. The van der Waals surface area contributed by atoms with Gasteiger partial charge in [-0.25, -0.2) is 4.79 Å². The van der Waals surface area contributed by atoms with Crippen LogP contribution < -0.4 is 10.6 Å². The average molecular weight is 184 g/mol. The molecule has 2 rings (SSSR count). The summed E-state index contributed by atoms with van der Waals surface area (Å²) in [5, 5.41) is 14.5. The van der Waals surface area contributed by atoms with Crippen LogP contribution in [0.4, 0.5) is 4.79 Å². The van der Waals surface area contributed by atoms with Crippen molar-refractivity contribution in [2.45, 2.75) is 25.3 Å². The van der Waals surface area contributed by atoms with E-state index >= 15 is 0 Å². The van der Waals surface area contributed by atoms with Crippen molar-refractivity contribution in [1.29, 1.82) is 0 Å². The van der Waals surface area contributed by atoms with Gasteiger partial charge in [0.05, 0.1) is 0 Å². The first-order valence-corrected chi connectivity index (χ1v) is 4.96. The van der Waals surface area contributed by atoms with Crippen molar-refractivity contribution in [1.82, 2.24) is 10.6 Å². The van der Waals surface area contributed by atoms with E-state index < -0.39 is 6.09 Å². The van der Waals surface area contributed by atoms with E-state index in [4.69, 9.17) is 5.11 Å². The van der Waals surface area contributed by atoms with Gasteiger partial charge in [0.15, 0.2) is 0 Å². The van der Waals surface area contributed by atoms with E-state index in [-0.39, 0.29) is 6.04 Å². The van der Waals surface area contributed by atoms with Gasteiger partial charge in [-0.05, 0) is 44.2 Å². The van der Waals surface area contributed by atoms with Crippen LogP contribution in [0.2, 0.25) is 0 Å². The second kappa shape index (κ2) is 3.54. The Balaban J connectivity index is 1.86. The molecule has 4 nitrogen and oxygen atoms in total. The van der Waals surface area contributed by atoms with E-state index in [0.29, 0.717) is 5.92 Å². The molecule has 3 N–H and O–H groups in total. The van der Waals surface area contributed by atoms with Gasteiger partial charge in [0, 0.05) is 6.04 Å². The monoisotopic (exact) mass is 184 g/mol. The van der Waals surface area contributed by atoms with Crippen LogP contribution in [0.5, 0.6) is 0 Å². The summed E-state index contributed by atoms with van der Waals surface area (Å²) < 4.78 is 0. The summed E-state index contributed by atoms with van der Waals surface area (Å²) in [7, 11) is 0. The minimum absolute atomic E-state index is 0.193. The number of hydrogen-bond donors (Lipinski definition) is 3. The molecule has 1 aliphatic heterocycles. The van der Waals surface area contributed by atoms with E-state index in [1.165, 1.54) is 6.42 Å². The minimum atomic E-state index is -0.880. The van der Waals surface area contributed by atoms with Gasteiger partial charge in [-0.1, -0.05) is 0 Å². The third-order valence-electron chi connectivity index (χ3n) is 3.28. The molecule has 1 saturated heterocycles. The van der Waals surface area contributed by atoms with Crippen LogP contribution >= 0.6 is 0 Å². The van der Waals surface area contributed by atoms with Gasteiger partial charge < -0.3 is 15.7 Å². The first-order valence-electron chi connectivity index (χ1n) is 4.96. The largest absolute Gasteiger partial charge is 0.465 e. The molecule has 0 aromatic carbocycles. The maximum atomic E-state index is 10.4. The van der Waals surface area contributed by atoms with Gasteiger partial charge >= 0.3 is 6.09 Å². The predicted molar refractivity (Wildman–Crippen MR) is 48.6 cm³/mol. The zero-order valence-corrected chi connectivity index (χ0v) is 7.62. The average Bonchev–Trinajstić information content (AvgIpc) is 2.49. The van der Waals surface area contributed by atoms with Crippen LogP contribution in [-0.2, 0) is 0 Å². The highest BCUT2D eigenvalue weighted by molar-refractivity contribution is 5.64. The quantitative estimate of drug-likeness (QED) is 0.560. The summed E-state index contributed by atoms with van der Waals surface area (Å²) in [5.41, 5.74) is 0. The maximum Gasteiger partial charge on any atom is 0.404 e. The van der Waals surface area contributed by atoms with Crippen molar-refractivity contribution >= 4 is 6.09 Å². The molecule has 1 aliphatic carbocycles. The number of nitrogens with one attached hydrogen (secondary N) is 2. The van der Waals surface area contributed by atoms with Crippen LogP contribution in [0.25, 0.3) is 0 Å². The Morgan fingerprint density at radius 2 is 2.08 bits per heavy atom. The van der Waals surface area contributed by atoms with Crippen LogP contribution in [0.15, 0.2) is 0 Å². The van der Waals surface area contributed by atoms with E-state index in [2.05, 4.69) is 10.6 Å². The highest BCUT2D eigenvalue weighted by Crippen LogP contribution is 2.32. The molecule has 1 saturated carbocycles. The lowest BCUT2D eigenvalue weighted by atomic mass is 9.79. The minimum Gasteiger partial charge on any atom is -0.465 e. The molecule has 1 amide bonds. The van der Waals surface area contributed by atoms with Crippen LogP contribution in [0.1, 0.15) is 19.3 Å². The summed E-state index contributed by atoms with van der Waals surface area (Å²) in [6.07, 6.45) is 2.32. The molecule has 0 bridgehead atoms. The number of fused-ring (bicyclic) bond motifs is 1. The van der Waals surface area contributed by atoms with Gasteiger partial charge in [-0.15, -0.1) is 0 Å². The van der Waals surface area contributed by atoms with Crippen LogP contribution in [0.3, 0.4) is 0 Å².